The number of likely N-dealkylation sites (N-methyl/N-ethyl adjacent to an activating group) is 1. The van der Waals surface area contributed by atoms with Crippen molar-refractivity contribution in [1.82, 2.24) is 10.2 Å². The van der Waals surface area contributed by atoms with Crippen molar-refractivity contribution in [3.05, 3.63) is 71.3 Å². The van der Waals surface area contributed by atoms with E-state index in [0.717, 1.165) is 0 Å². The lowest BCUT2D eigenvalue weighted by atomic mass is 9.97. The maximum Gasteiger partial charge on any atom is 0.251 e. The number of amides is 2. The smallest absolute Gasteiger partial charge is 0.251 e. The first-order chi connectivity index (χ1) is 12.5. The van der Waals surface area contributed by atoms with Crippen LogP contribution in [-0.4, -0.2) is 36.5 Å². The van der Waals surface area contributed by atoms with E-state index >= 15 is 0 Å². The number of morpholine rings is 1. The molecule has 1 heterocycles. The molecule has 26 heavy (non-hydrogen) atoms. The van der Waals surface area contributed by atoms with Crippen molar-refractivity contribution in [2.45, 2.75) is 18.7 Å². The number of benzene rings is 2. The fourth-order valence-electron chi connectivity index (χ4n) is 2.94. The van der Waals surface area contributed by atoms with Crippen LogP contribution in [0.25, 0.3) is 0 Å². The highest BCUT2D eigenvalue weighted by Gasteiger charge is 2.41. The first-order valence-electron chi connectivity index (χ1n) is 8.12. The highest BCUT2D eigenvalue weighted by Crippen LogP contribution is 2.30. The number of carbonyl (C=O) groups is 2. The van der Waals surface area contributed by atoms with E-state index in [-0.39, 0.29) is 24.6 Å². The molecule has 5 nitrogen and oxygen atoms in total. The molecule has 2 aromatic carbocycles. The van der Waals surface area contributed by atoms with E-state index < -0.39 is 29.7 Å². The van der Waals surface area contributed by atoms with Gasteiger partial charge in [0.1, 0.15) is 18.2 Å². The molecule has 1 saturated heterocycles. The van der Waals surface area contributed by atoms with Crippen LogP contribution in [0.4, 0.5) is 8.78 Å². The minimum atomic E-state index is -1.10. The van der Waals surface area contributed by atoms with Gasteiger partial charge < -0.3 is 15.0 Å². The number of hydrogen-bond donors (Lipinski definition) is 1. The summed E-state index contributed by atoms with van der Waals surface area (Å²) in [6, 6.07) is 11.1. The van der Waals surface area contributed by atoms with Crippen LogP contribution in [0.1, 0.15) is 17.2 Å². The maximum atomic E-state index is 14.2. The van der Waals surface area contributed by atoms with Crippen LogP contribution in [0, 0.1) is 11.6 Å². The quantitative estimate of drug-likeness (QED) is 0.909. The monoisotopic (exact) mass is 360 g/mol. The van der Waals surface area contributed by atoms with E-state index in [0.29, 0.717) is 5.56 Å². The number of ether oxygens (including phenoxy) is 1. The van der Waals surface area contributed by atoms with Crippen molar-refractivity contribution in [2.24, 2.45) is 0 Å². The van der Waals surface area contributed by atoms with Gasteiger partial charge in [0, 0.05) is 24.7 Å². The Bertz CT molecular complexity index is 828. The Labute approximate surface area is 149 Å². The van der Waals surface area contributed by atoms with Crippen molar-refractivity contribution >= 4 is 11.8 Å². The Morgan fingerprint density at radius 3 is 2.50 bits per heavy atom. The minimum Gasteiger partial charge on any atom is -0.356 e. The third-order valence-electron chi connectivity index (χ3n) is 4.38. The molecule has 2 atom stereocenters. The van der Waals surface area contributed by atoms with Gasteiger partial charge in [-0.3, -0.25) is 9.59 Å². The molecule has 0 unspecified atom stereocenters. The van der Waals surface area contributed by atoms with Gasteiger partial charge in [0.15, 0.2) is 6.10 Å². The lowest BCUT2D eigenvalue weighted by molar-refractivity contribution is -0.162. The first kappa shape index (κ1) is 18.0. The molecule has 0 spiro atoms. The molecule has 1 fully saturated rings. The van der Waals surface area contributed by atoms with E-state index in [9.17, 15) is 18.4 Å². The van der Waals surface area contributed by atoms with Gasteiger partial charge in [0.2, 0.25) is 5.91 Å². The largest absolute Gasteiger partial charge is 0.356 e. The summed E-state index contributed by atoms with van der Waals surface area (Å²) in [4.78, 5) is 25.9. The van der Waals surface area contributed by atoms with Crippen molar-refractivity contribution in [1.29, 1.82) is 0 Å². The summed E-state index contributed by atoms with van der Waals surface area (Å²) in [5, 5.41) is 2.60. The molecule has 1 aliphatic heterocycles. The number of rotatable bonds is 4. The summed E-state index contributed by atoms with van der Waals surface area (Å²) in [6.07, 6.45) is -1.10. The van der Waals surface area contributed by atoms with Gasteiger partial charge in [-0.2, -0.15) is 0 Å². The Morgan fingerprint density at radius 1 is 1.15 bits per heavy atom. The van der Waals surface area contributed by atoms with Gasteiger partial charge in [0.05, 0.1) is 6.04 Å². The molecule has 0 bridgehead atoms. The van der Waals surface area contributed by atoms with Crippen molar-refractivity contribution in [2.75, 3.05) is 13.7 Å². The van der Waals surface area contributed by atoms with E-state index in [1.807, 2.05) is 0 Å². The fraction of sp³-hybridized carbons (Fsp3) is 0.263. The average molecular weight is 360 g/mol. The molecule has 2 aromatic rings. The molecule has 1 aliphatic rings. The predicted molar refractivity (Wildman–Crippen MR) is 89.9 cm³/mol. The van der Waals surface area contributed by atoms with Gasteiger partial charge in [-0.15, -0.1) is 0 Å². The Hall–Kier alpha value is -2.80. The first-order valence-corrected chi connectivity index (χ1v) is 8.12. The highest BCUT2D eigenvalue weighted by molar-refractivity contribution is 5.86. The normalized spacial score (nSPS) is 20.1. The molecular weight excluding hydrogens is 342 g/mol. The van der Waals surface area contributed by atoms with Crippen LogP contribution >= 0.6 is 0 Å². The van der Waals surface area contributed by atoms with Crippen LogP contribution in [0.3, 0.4) is 0 Å². The van der Waals surface area contributed by atoms with Gasteiger partial charge in [-0.25, -0.2) is 8.78 Å². The summed E-state index contributed by atoms with van der Waals surface area (Å²) in [5.41, 5.74) is 0.512. The molecule has 3 rings (SSSR count). The number of hydrogen-bond acceptors (Lipinski definition) is 3. The third-order valence-corrected chi connectivity index (χ3v) is 4.38. The molecule has 0 aromatic heterocycles. The van der Waals surface area contributed by atoms with Crippen LogP contribution in [-0.2, 0) is 20.9 Å². The van der Waals surface area contributed by atoms with Crippen LogP contribution < -0.4 is 5.32 Å². The van der Waals surface area contributed by atoms with Gasteiger partial charge in [0.25, 0.3) is 5.91 Å². The van der Waals surface area contributed by atoms with Crippen molar-refractivity contribution in [3.63, 3.8) is 0 Å². The second-order valence-corrected chi connectivity index (χ2v) is 6.01. The number of carbonyl (C=O) groups excluding carboxylic acids is 2. The fourth-order valence-corrected chi connectivity index (χ4v) is 2.94. The topological polar surface area (TPSA) is 58.6 Å². The summed E-state index contributed by atoms with van der Waals surface area (Å²) < 4.78 is 33.3. The number of nitrogens with one attached hydrogen (secondary N) is 1. The zero-order valence-electron chi connectivity index (χ0n) is 14.1. The van der Waals surface area contributed by atoms with E-state index in [2.05, 4.69) is 5.32 Å². The summed E-state index contributed by atoms with van der Waals surface area (Å²) in [6.45, 7) is -0.313. The second kappa shape index (κ2) is 7.61. The van der Waals surface area contributed by atoms with Crippen LogP contribution in [0.5, 0.6) is 0 Å². The zero-order chi connectivity index (χ0) is 18.7. The molecule has 2 amide bonds. The lowest BCUT2D eigenvalue weighted by Crippen LogP contribution is -2.53. The highest BCUT2D eigenvalue weighted by atomic mass is 19.1. The van der Waals surface area contributed by atoms with Gasteiger partial charge in [-0.05, 0) is 12.1 Å². The molecule has 7 heteroatoms. The second-order valence-electron chi connectivity index (χ2n) is 6.01. The van der Waals surface area contributed by atoms with Crippen molar-refractivity contribution < 1.29 is 23.1 Å². The molecule has 0 radical (unpaired) electrons. The SMILES string of the molecule is CN1C(=O)CO[C@@H](C(=O)NCc2ccccc2F)[C@@H]1c1ccccc1F. The zero-order valence-corrected chi connectivity index (χ0v) is 14.1. The average Bonchev–Trinajstić information content (AvgIpc) is 2.64. The molecule has 0 saturated carbocycles. The van der Waals surface area contributed by atoms with Gasteiger partial charge >= 0.3 is 0 Å². The summed E-state index contributed by atoms with van der Waals surface area (Å²) in [7, 11) is 1.50. The Morgan fingerprint density at radius 2 is 1.81 bits per heavy atom. The summed E-state index contributed by atoms with van der Waals surface area (Å²) in [5.74, 6) is -1.86. The number of halogens is 2. The standard InChI is InChI=1S/C19H18F2N2O3/c1-23-16(24)11-26-18(17(23)13-7-3-5-9-15(13)21)19(25)22-10-12-6-2-4-8-14(12)20/h2-9,17-18H,10-11H2,1H3,(H,22,25)/t17-,18+/m0/s1. The molecule has 136 valence electrons. The summed E-state index contributed by atoms with van der Waals surface area (Å²) >= 11 is 0. The minimum absolute atomic E-state index is 0.0347. The number of nitrogens with zero attached hydrogens (tertiary/aromatic N) is 1. The lowest BCUT2D eigenvalue weighted by Gasteiger charge is -2.38. The predicted octanol–water partition coefficient (Wildman–Crippen LogP) is 2.18. The van der Waals surface area contributed by atoms with E-state index in [1.54, 1.807) is 24.3 Å². The third kappa shape index (κ3) is 3.57. The van der Waals surface area contributed by atoms with Gasteiger partial charge in [-0.1, -0.05) is 36.4 Å². The molecule has 0 aliphatic carbocycles. The maximum absolute atomic E-state index is 14.2. The van der Waals surface area contributed by atoms with Crippen molar-refractivity contribution in [3.8, 4) is 0 Å². The molecular formula is C19H18F2N2O3. The van der Waals surface area contributed by atoms with E-state index in [4.69, 9.17) is 4.74 Å². The molecule has 1 N–H and O–H groups in total. The Balaban J connectivity index is 1.81. The van der Waals surface area contributed by atoms with Crippen LogP contribution in [0.15, 0.2) is 48.5 Å². The van der Waals surface area contributed by atoms with E-state index in [1.165, 1.54) is 36.2 Å². The van der Waals surface area contributed by atoms with Crippen LogP contribution in [0.2, 0.25) is 0 Å². The Kier molecular flexibility index (Phi) is 5.27.